The molecule has 3 amide bonds. The smallest absolute Gasteiger partial charge is 0.385 e. The van der Waals surface area contributed by atoms with Gasteiger partial charge in [-0.1, -0.05) is 23.9 Å². The van der Waals surface area contributed by atoms with Crippen LogP contribution in [0.2, 0.25) is 0 Å². The number of imide groups is 1. The Labute approximate surface area is 167 Å². The highest BCUT2D eigenvalue weighted by Gasteiger charge is 2.28. The van der Waals surface area contributed by atoms with E-state index in [2.05, 4.69) is 4.98 Å². The number of benzene rings is 1. The van der Waals surface area contributed by atoms with E-state index < -0.39 is 24.7 Å². The number of para-hydroxylation sites is 1. The van der Waals surface area contributed by atoms with Crippen molar-refractivity contribution in [2.45, 2.75) is 24.3 Å². The molecular formula is C17H19F3N4O4S. The zero-order valence-corrected chi connectivity index (χ0v) is 16.2. The first kappa shape index (κ1) is 22.7. The summed E-state index contributed by atoms with van der Waals surface area (Å²) >= 11 is 0.905. The fraction of sp³-hybridized carbons (Fsp3) is 0.412. The van der Waals surface area contributed by atoms with Crippen molar-refractivity contribution in [3.05, 3.63) is 34.6 Å². The third-order valence-electron chi connectivity index (χ3n) is 3.59. The maximum absolute atomic E-state index is 12.7. The number of nitrogens with one attached hydrogen (secondary N) is 2. The van der Waals surface area contributed by atoms with Gasteiger partial charge in [-0.25, -0.2) is 9.78 Å². The van der Waals surface area contributed by atoms with Gasteiger partial charge in [0.15, 0.2) is 5.16 Å². The number of carbonyl (C=O) groups excluding carboxylic acids is 2. The Kier molecular flexibility index (Phi) is 8.02. The third kappa shape index (κ3) is 7.06. The quantitative estimate of drug-likeness (QED) is 0.375. The lowest BCUT2D eigenvalue weighted by molar-refractivity contribution is -0.124. The first-order valence-corrected chi connectivity index (χ1v) is 9.45. The summed E-state index contributed by atoms with van der Waals surface area (Å²) in [5.41, 5.74) is 0.170. The lowest BCUT2D eigenvalue weighted by atomic mass is 10.2. The lowest BCUT2D eigenvalue weighted by Crippen LogP contribution is -2.44. The molecule has 0 unspecified atom stereocenters. The Balaban J connectivity index is 2.09. The molecule has 1 aromatic carbocycles. The van der Waals surface area contributed by atoms with Gasteiger partial charge in [-0.05, 0) is 18.6 Å². The number of carbonyl (C=O) groups is 2. The molecule has 2 N–H and O–H groups in total. The molecule has 12 heteroatoms. The maximum atomic E-state index is 12.7. The predicted octanol–water partition coefficient (Wildman–Crippen LogP) is 1.91. The average molecular weight is 432 g/mol. The second-order valence-electron chi connectivity index (χ2n) is 5.85. The molecule has 0 fully saturated rings. The summed E-state index contributed by atoms with van der Waals surface area (Å²) in [6, 6.07) is 5.48. The standard InChI is InChI=1S/C17H19F3N4O4S/c1-28-8-4-7-24-14(26)11-5-2-3-6-12(11)22-16(24)29-9-13(25)23-15(27)21-10-17(18,19)20/h2-3,5-6H,4,7-10H2,1H3,(H2,21,23,25,27). The molecular weight excluding hydrogens is 413 g/mol. The minimum absolute atomic E-state index is 0.260. The fourth-order valence-corrected chi connectivity index (χ4v) is 3.16. The van der Waals surface area contributed by atoms with Gasteiger partial charge in [0.2, 0.25) is 5.91 Å². The van der Waals surface area contributed by atoms with Gasteiger partial charge >= 0.3 is 12.2 Å². The van der Waals surface area contributed by atoms with Crippen molar-refractivity contribution in [2.75, 3.05) is 26.0 Å². The molecule has 0 saturated heterocycles. The molecule has 0 aliphatic heterocycles. The summed E-state index contributed by atoms with van der Waals surface area (Å²) in [6.07, 6.45) is -4.04. The molecule has 0 bridgehead atoms. The third-order valence-corrected chi connectivity index (χ3v) is 4.57. The van der Waals surface area contributed by atoms with E-state index in [1.807, 2.05) is 0 Å². The van der Waals surface area contributed by atoms with Gasteiger partial charge in [-0.15, -0.1) is 0 Å². The molecule has 0 saturated carbocycles. The van der Waals surface area contributed by atoms with Crippen molar-refractivity contribution < 1.29 is 27.5 Å². The van der Waals surface area contributed by atoms with E-state index in [0.717, 1.165) is 11.8 Å². The number of fused-ring (bicyclic) bond motifs is 1. The molecule has 0 atom stereocenters. The highest BCUT2D eigenvalue weighted by atomic mass is 32.2. The number of methoxy groups -OCH3 is 1. The largest absolute Gasteiger partial charge is 0.405 e. The number of aromatic nitrogens is 2. The minimum atomic E-state index is -4.58. The summed E-state index contributed by atoms with van der Waals surface area (Å²) in [5.74, 6) is -1.13. The number of halogens is 3. The number of thioether (sulfide) groups is 1. The molecule has 0 spiro atoms. The van der Waals surface area contributed by atoms with Crippen LogP contribution in [0, 0.1) is 0 Å². The molecule has 2 aromatic rings. The Hall–Kier alpha value is -2.60. The van der Waals surface area contributed by atoms with E-state index in [9.17, 15) is 27.6 Å². The topological polar surface area (TPSA) is 102 Å². The maximum Gasteiger partial charge on any atom is 0.405 e. The highest BCUT2D eigenvalue weighted by Crippen LogP contribution is 2.18. The molecule has 8 nitrogen and oxygen atoms in total. The molecule has 1 heterocycles. The van der Waals surface area contributed by atoms with Crippen LogP contribution in [0.5, 0.6) is 0 Å². The minimum Gasteiger partial charge on any atom is -0.385 e. The molecule has 158 valence electrons. The van der Waals surface area contributed by atoms with Crippen molar-refractivity contribution in [3.63, 3.8) is 0 Å². The fourth-order valence-electron chi connectivity index (χ4n) is 2.34. The van der Waals surface area contributed by atoms with Crippen molar-refractivity contribution in [2.24, 2.45) is 0 Å². The first-order chi connectivity index (χ1) is 13.7. The Morgan fingerprint density at radius 1 is 1.28 bits per heavy atom. The number of hydrogen-bond acceptors (Lipinski definition) is 6. The normalized spacial score (nSPS) is 11.4. The average Bonchev–Trinajstić information content (AvgIpc) is 2.66. The zero-order chi connectivity index (χ0) is 21.4. The number of urea groups is 1. The van der Waals surface area contributed by atoms with Crippen molar-refractivity contribution >= 4 is 34.6 Å². The van der Waals surface area contributed by atoms with Crippen LogP contribution in [0.3, 0.4) is 0 Å². The summed E-state index contributed by atoms with van der Waals surface area (Å²) < 4.78 is 42.6. The van der Waals surface area contributed by atoms with Crippen molar-refractivity contribution in [3.8, 4) is 0 Å². The summed E-state index contributed by atoms with van der Waals surface area (Å²) in [5, 5.41) is 4.02. The first-order valence-electron chi connectivity index (χ1n) is 8.47. The number of hydrogen-bond donors (Lipinski definition) is 2. The van der Waals surface area contributed by atoms with Gasteiger partial charge in [0, 0.05) is 20.3 Å². The van der Waals surface area contributed by atoms with E-state index in [1.54, 1.807) is 34.9 Å². The van der Waals surface area contributed by atoms with Crippen LogP contribution in [0.1, 0.15) is 6.42 Å². The van der Waals surface area contributed by atoms with Crippen LogP contribution in [-0.2, 0) is 16.1 Å². The van der Waals surface area contributed by atoms with Gasteiger partial charge < -0.3 is 10.1 Å². The Bertz CT molecular complexity index is 933. The molecule has 0 aliphatic rings. The van der Waals surface area contributed by atoms with Crippen molar-refractivity contribution in [1.82, 2.24) is 20.2 Å². The van der Waals surface area contributed by atoms with Crippen LogP contribution in [0.25, 0.3) is 10.9 Å². The second-order valence-corrected chi connectivity index (χ2v) is 6.79. The van der Waals surface area contributed by atoms with E-state index in [-0.39, 0.29) is 16.5 Å². The van der Waals surface area contributed by atoms with Crippen LogP contribution in [0.4, 0.5) is 18.0 Å². The highest BCUT2D eigenvalue weighted by molar-refractivity contribution is 7.99. The van der Waals surface area contributed by atoms with Crippen molar-refractivity contribution in [1.29, 1.82) is 0 Å². The summed E-state index contributed by atoms with van der Waals surface area (Å²) in [6.45, 7) is -0.825. The number of ether oxygens (including phenoxy) is 1. The van der Waals surface area contributed by atoms with E-state index in [0.29, 0.717) is 30.5 Å². The molecule has 29 heavy (non-hydrogen) atoms. The predicted molar refractivity (Wildman–Crippen MR) is 101 cm³/mol. The molecule has 0 radical (unpaired) electrons. The number of alkyl halides is 3. The van der Waals surface area contributed by atoms with Gasteiger partial charge in [-0.2, -0.15) is 13.2 Å². The van der Waals surface area contributed by atoms with Crippen LogP contribution in [-0.4, -0.2) is 53.7 Å². The molecule has 2 rings (SSSR count). The summed E-state index contributed by atoms with van der Waals surface area (Å²) in [4.78, 5) is 40.3. The van der Waals surface area contributed by atoms with E-state index >= 15 is 0 Å². The monoisotopic (exact) mass is 432 g/mol. The van der Waals surface area contributed by atoms with E-state index in [1.165, 1.54) is 11.7 Å². The van der Waals surface area contributed by atoms with Gasteiger partial charge in [0.05, 0.1) is 16.7 Å². The lowest BCUT2D eigenvalue weighted by Gasteiger charge is -2.13. The van der Waals surface area contributed by atoms with Gasteiger partial charge in [0.1, 0.15) is 6.54 Å². The van der Waals surface area contributed by atoms with Gasteiger partial charge in [0.25, 0.3) is 5.56 Å². The Morgan fingerprint density at radius 2 is 2.00 bits per heavy atom. The van der Waals surface area contributed by atoms with E-state index in [4.69, 9.17) is 4.74 Å². The SMILES string of the molecule is COCCCn1c(SCC(=O)NC(=O)NCC(F)(F)F)nc2ccccc2c1=O. The number of rotatable bonds is 8. The second kappa shape index (κ2) is 10.3. The number of amides is 3. The van der Waals surface area contributed by atoms with Crippen LogP contribution < -0.4 is 16.2 Å². The zero-order valence-electron chi connectivity index (χ0n) is 15.4. The molecule has 0 aliphatic carbocycles. The van der Waals surface area contributed by atoms with Crippen LogP contribution >= 0.6 is 11.8 Å². The summed E-state index contributed by atoms with van der Waals surface area (Å²) in [7, 11) is 1.53. The Morgan fingerprint density at radius 3 is 2.69 bits per heavy atom. The number of nitrogens with zero attached hydrogens (tertiary/aromatic N) is 2. The van der Waals surface area contributed by atoms with Crippen LogP contribution in [0.15, 0.2) is 34.2 Å². The molecule has 1 aromatic heterocycles. The van der Waals surface area contributed by atoms with Gasteiger partial charge in [-0.3, -0.25) is 19.5 Å².